The average molecular weight is 255 g/mol. The van der Waals surface area contributed by atoms with Crippen molar-refractivity contribution in [3.05, 3.63) is 35.8 Å². The molecule has 0 aliphatic heterocycles. The van der Waals surface area contributed by atoms with Gasteiger partial charge >= 0.3 is 0 Å². The van der Waals surface area contributed by atoms with Gasteiger partial charge in [0.1, 0.15) is 5.76 Å². The van der Waals surface area contributed by atoms with E-state index in [0.717, 1.165) is 0 Å². The van der Waals surface area contributed by atoms with E-state index in [0.29, 0.717) is 17.9 Å². The second-order valence-corrected chi connectivity index (χ2v) is 5.24. The first kappa shape index (κ1) is 16.7. The van der Waals surface area contributed by atoms with Gasteiger partial charge in [-0.2, -0.15) is 0 Å². The van der Waals surface area contributed by atoms with Gasteiger partial charge in [0.15, 0.2) is 0 Å². The zero-order chi connectivity index (χ0) is 14.3. The Bertz CT molecular complexity index is 337. The maximum Gasteiger partial charge on any atom is 0.108 e. The van der Waals surface area contributed by atoms with Gasteiger partial charge in [-0.1, -0.05) is 6.58 Å². The molecule has 4 nitrogen and oxygen atoms in total. The zero-order valence-corrected chi connectivity index (χ0v) is 11.9. The van der Waals surface area contributed by atoms with Crippen LogP contribution in [0.4, 0.5) is 0 Å². The predicted molar refractivity (Wildman–Crippen MR) is 74.4 cm³/mol. The van der Waals surface area contributed by atoms with Gasteiger partial charge in [-0.15, -0.1) is 0 Å². The molecule has 1 unspecified atom stereocenters. The summed E-state index contributed by atoms with van der Waals surface area (Å²) < 4.78 is 5.04. The molecular weight excluding hydrogens is 230 g/mol. The number of hydrogen-bond donors (Lipinski definition) is 3. The topological polar surface area (TPSA) is 61.7 Å². The zero-order valence-electron chi connectivity index (χ0n) is 11.9. The third kappa shape index (κ3) is 7.92. The summed E-state index contributed by atoms with van der Waals surface area (Å²) in [4.78, 5) is 0. The Labute approximate surface area is 110 Å². The number of aliphatic hydroxyl groups is 2. The van der Waals surface area contributed by atoms with Crippen LogP contribution in [0.2, 0.25) is 0 Å². The normalized spacial score (nSPS) is 15.4. The van der Waals surface area contributed by atoms with Crippen LogP contribution in [-0.4, -0.2) is 35.5 Å². The van der Waals surface area contributed by atoms with Crippen LogP contribution < -0.4 is 5.32 Å². The Morgan fingerprint density at radius 2 is 1.94 bits per heavy atom. The number of nitrogens with one attached hydrogen (secondary N) is 1. The number of aliphatic hydroxyl groups excluding tert-OH is 2. The molecule has 0 aromatic carbocycles. The molecule has 3 N–H and O–H groups in total. The molecule has 0 rings (SSSR count). The molecule has 0 aromatic heterocycles. The van der Waals surface area contributed by atoms with Gasteiger partial charge in [-0.05, 0) is 45.4 Å². The fourth-order valence-corrected chi connectivity index (χ4v) is 1.24. The molecule has 0 amide bonds. The molecule has 0 aliphatic rings. The highest BCUT2D eigenvalue weighted by Crippen LogP contribution is 2.11. The standard InChI is InChI=1S/C14H25NO3/c1-10(16)7-12(8-11(2)18-6)13(17)9-15-14(3,4)5/h7-8,13,15-17H,1,9H2,2-6H3/b11-8+,12-7+. The van der Waals surface area contributed by atoms with Crippen molar-refractivity contribution in [2.45, 2.75) is 39.3 Å². The average Bonchev–Trinajstić information content (AvgIpc) is 2.23. The molecule has 0 saturated heterocycles. The Kier molecular flexibility index (Phi) is 6.73. The molecule has 0 fully saturated rings. The minimum absolute atomic E-state index is 0.0810. The first-order chi connectivity index (χ1) is 8.15. The summed E-state index contributed by atoms with van der Waals surface area (Å²) in [5.41, 5.74) is 0.473. The number of hydrogen-bond acceptors (Lipinski definition) is 4. The molecule has 0 saturated carbocycles. The molecule has 1 atom stereocenters. The highest BCUT2D eigenvalue weighted by atomic mass is 16.5. The maximum absolute atomic E-state index is 10.1. The minimum atomic E-state index is -0.738. The first-order valence-corrected chi connectivity index (χ1v) is 5.90. The van der Waals surface area contributed by atoms with E-state index in [2.05, 4.69) is 11.9 Å². The van der Waals surface area contributed by atoms with E-state index in [-0.39, 0.29) is 11.3 Å². The third-order valence-electron chi connectivity index (χ3n) is 2.24. The molecule has 4 heteroatoms. The molecule has 0 aromatic rings. The van der Waals surface area contributed by atoms with Crippen LogP contribution in [0.25, 0.3) is 0 Å². The lowest BCUT2D eigenvalue weighted by Crippen LogP contribution is -2.41. The molecule has 0 bridgehead atoms. The Balaban J connectivity index is 4.83. The summed E-state index contributed by atoms with van der Waals surface area (Å²) in [5.74, 6) is 0.553. The lowest BCUT2D eigenvalue weighted by molar-refractivity contribution is 0.195. The van der Waals surface area contributed by atoms with Crippen molar-refractivity contribution in [3.8, 4) is 0 Å². The summed E-state index contributed by atoms with van der Waals surface area (Å²) in [6.07, 6.45) is 2.37. The quantitative estimate of drug-likeness (QED) is 0.503. The van der Waals surface area contributed by atoms with Crippen LogP contribution in [-0.2, 0) is 4.74 Å². The fourth-order valence-electron chi connectivity index (χ4n) is 1.24. The van der Waals surface area contributed by atoms with Crippen LogP contribution in [0.1, 0.15) is 27.7 Å². The van der Waals surface area contributed by atoms with Crippen molar-refractivity contribution in [3.63, 3.8) is 0 Å². The van der Waals surface area contributed by atoms with Crippen molar-refractivity contribution in [1.82, 2.24) is 5.32 Å². The Morgan fingerprint density at radius 3 is 2.33 bits per heavy atom. The molecular formula is C14H25NO3. The molecule has 104 valence electrons. The Hall–Kier alpha value is -1.26. The van der Waals surface area contributed by atoms with Crippen LogP contribution in [0, 0.1) is 0 Å². The molecule has 18 heavy (non-hydrogen) atoms. The summed E-state index contributed by atoms with van der Waals surface area (Å²) >= 11 is 0. The van der Waals surface area contributed by atoms with Gasteiger partial charge in [-0.3, -0.25) is 0 Å². The van der Waals surface area contributed by atoms with Gasteiger partial charge in [0.2, 0.25) is 0 Å². The number of ether oxygens (including phenoxy) is 1. The predicted octanol–water partition coefficient (Wildman–Crippen LogP) is 2.28. The number of β-amino-alcohol motifs (C(OH)–C–C–N with tert-alkyl or cyclic N) is 1. The number of allylic oxidation sites excluding steroid dienone is 2. The van der Waals surface area contributed by atoms with Gasteiger partial charge in [0, 0.05) is 12.1 Å². The summed E-state index contributed by atoms with van der Waals surface area (Å²) in [6, 6.07) is 0. The monoisotopic (exact) mass is 255 g/mol. The first-order valence-electron chi connectivity index (χ1n) is 5.90. The van der Waals surface area contributed by atoms with E-state index in [1.54, 1.807) is 20.1 Å². The minimum Gasteiger partial charge on any atom is -0.509 e. The van der Waals surface area contributed by atoms with E-state index in [4.69, 9.17) is 4.74 Å². The van der Waals surface area contributed by atoms with Crippen LogP contribution >= 0.6 is 0 Å². The van der Waals surface area contributed by atoms with E-state index in [1.165, 1.54) is 6.08 Å². The summed E-state index contributed by atoms with van der Waals surface area (Å²) in [6.45, 7) is 11.6. The van der Waals surface area contributed by atoms with Crippen LogP contribution in [0.15, 0.2) is 35.8 Å². The van der Waals surface area contributed by atoms with Gasteiger partial charge in [0.05, 0.1) is 19.0 Å². The van der Waals surface area contributed by atoms with Gasteiger partial charge < -0.3 is 20.3 Å². The molecule has 0 heterocycles. The van der Waals surface area contributed by atoms with E-state index in [1.807, 2.05) is 20.8 Å². The molecule has 0 radical (unpaired) electrons. The van der Waals surface area contributed by atoms with E-state index in [9.17, 15) is 10.2 Å². The lowest BCUT2D eigenvalue weighted by atomic mass is 10.0. The van der Waals surface area contributed by atoms with Crippen molar-refractivity contribution >= 4 is 0 Å². The largest absolute Gasteiger partial charge is 0.509 e. The van der Waals surface area contributed by atoms with Crippen molar-refractivity contribution in [1.29, 1.82) is 0 Å². The Morgan fingerprint density at radius 1 is 1.39 bits per heavy atom. The van der Waals surface area contributed by atoms with Gasteiger partial charge in [-0.25, -0.2) is 0 Å². The SMILES string of the molecule is C=C(O)/C=C(\C=C(/C)OC)C(O)CNC(C)(C)C. The summed E-state index contributed by atoms with van der Waals surface area (Å²) in [7, 11) is 1.55. The lowest BCUT2D eigenvalue weighted by Gasteiger charge is -2.23. The second-order valence-electron chi connectivity index (χ2n) is 5.24. The maximum atomic E-state index is 10.1. The third-order valence-corrected chi connectivity index (χ3v) is 2.24. The number of rotatable bonds is 6. The van der Waals surface area contributed by atoms with Crippen molar-refractivity contribution < 1.29 is 14.9 Å². The molecule has 0 aliphatic carbocycles. The molecule has 0 spiro atoms. The summed E-state index contributed by atoms with van der Waals surface area (Å²) in [5, 5.41) is 22.5. The van der Waals surface area contributed by atoms with Crippen LogP contribution in [0.5, 0.6) is 0 Å². The van der Waals surface area contributed by atoms with Gasteiger partial charge in [0.25, 0.3) is 0 Å². The van der Waals surface area contributed by atoms with Crippen LogP contribution in [0.3, 0.4) is 0 Å². The van der Waals surface area contributed by atoms with Crippen molar-refractivity contribution in [2.24, 2.45) is 0 Å². The fraction of sp³-hybridized carbons (Fsp3) is 0.571. The second kappa shape index (κ2) is 7.24. The highest BCUT2D eigenvalue weighted by Gasteiger charge is 2.15. The van der Waals surface area contributed by atoms with Crippen molar-refractivity contribution in [2.75, 3.05) is 13.7 Å². The highest BCUT2D eigenvalue weighted by molar-refractivity contribution is 5.30. The smallest absolute Gasteiger partial charge is 0.108 e. The van der Waals surface area contributed by atoms with E-state index < -0.39 is 6.10 Å². The van der Waals surface area contributed by atoms with E-state index >= 15 is 0 Å². The number of methoxy groups -OCH3 is 1.